The van der Waals surface area contributed by atoms with Crippen molar-refractivity contribution >= 4 is 35.7 Å². The number of hydrogen-bond donors (Lipinski definition) is 0. The van der Waals surface area contributed by atoms with Crippen LogP contribution in [-0.2, 0) is 4.79 Å². The average Bonchev–Trinajstić information content (AvgIpc) is 3.38. The van der Waals surface area contributed by atoms with Crippen molar-refractivity contribution in [1.29, 1.82) is 0 Å². The molecule has 23 heavy (non-hydrogen) atoms. The lowest BCUT2D eigenvalue weighted by Crippen LogP contribution is -2.49. The summed E-state index contributed by atoms with van der Waals surface area (Å²) in [6, 6.07) is 7.60. The zero-order chi connectivity index (χ0) is 15.5. The molecule has 2 aliphatic rings. The SMILES string of the molecule is Cl.O=C(CCC(=O)N1CCN(C2CC2)CC1)c1ccc(Cl)cc1. The summed E-state index contributed by atoms with van der Waals surface area (Å²) in [7, 11) is 0. The smallest absolute Gasteiger partial charge is 0.223 e. The van der Waals surface area contributed by atoms with Gasteiger partial charge in [0.2, 0.25) is 5.91 Å². The van der Waals surface area contributed by atoms with Gasteiger partial charge in [-0.3, -0.25) is 14.5 Å². The number of carbonyl (C=O) groups is 2. The van der Waals surface area contributed by atoms with Gasteiger partial charge in [0.25, 0.3) is 0 Å². The summed E-state index contributed by atoms with van der Waals surface area (Å²) in [4.78, 5) is 28.7. The monoisotopic (exact) mass is 356 g/mol. The molecular weight excluding hydrogens is 335 g/mol. The van der Waals surface area contributed by atoms with Crippen LogP contribution in [0.25, 0.3) is 0 Å². The first kappa shape index (κ1) is 18.2. The third-order valence-corrected chi connectivity index (χ3v) is 4.71. The molecule has 1 aliphatic carbocycles. The Hall–Kier alpha value is -1.10. The summed E-state index contributed by atoms with van der Waals surface area (Å²) in [5, 5.41) is 0.612. The van der Waals surface area contributed by atoms with E-state index in [2.05, 4.69) is 4.90 Å². The fraction of sp³-hybridized carbons (Fsp3) is 0.529. The molecular formula is C17H22Cl2N2O2. The first-order valence-corrected chi connectivity index (χ1v) is 8.32. The summed E-state index contributed by atoms with van der Waals surface area (Å²) in [6.07, 6.45) is 3.18. The molecule has 0 radical (unpaired) electrons. The van der Waals surface area contributed by atoms with Gasteiger partial charge >= 0.3 is 0 Å². The molecule has 1 aliphatic heterocycles. The van der Waals surface area contributed by atoms with E-state index in [-0.39, 0.29) is 30.5 Å². The molecule has 1 aromatic rings. The highest BCUT2D eigenvalue weighted by molar-refractivity contribution is 6.30. The van der Waals surface area contributed by atoms with Gasteiger partial charge in [0.15, 0.2) is 5.78 Å². The third kappa shape index (κ3) is 4.93. The van der Waals surface area contributed by atoms with E-state index in [1.807, 2.05) is 4.90 Å². The van der Waals surface area contributed by atoms with Crippen LogP contribution in [0.1, 0.15) is 36.0 Å². The van der Waals surface area contributed by atoms with Crippen LogP contribution >= 0.6 is 24.0 Å². The molecule has 2 fully saturated rings. The van der Waals surface area contributed by atoms with Crippen LogP contribution in [-0.4, -0.2) is 53.7 Å². The summed E-state index contributed by atoms with van der Waals surface area (Å²) < 4.78 is 0. The fourth-order valence-electron chi connectivity index (χ4n) is 2.93. The normalized spacial score (nSPS) is 18.4. The molecule has 0 N–H and O–H groups in total. The lowest BCUT2D eigenvalue weighted by atomic mass is 10.1. The molecule has 1 aromatic carbocycles. The Morgan fingerprint density at radius 2 is 1.61 bits per heavy atom. The second-order valence-corrected chi connectivity index (χ2v) is 6.51. The lowest BCUT2D eigenvalue weighted by molar-refractivity contribution is -0.133. The van der Waals surface area contributed by atoms with Gasteiger partial charge in [-0.1, -0.05) is 11.6 Å². The number of halogens is 2. The average molecular weight is 357 g/mol. The Morgan fingerprint density at radius 3 is 2.17 bits per heavy atom. The zero-order valence-electron chi connectivity index (χ0n) is 13.0. The number of rotatable bonds is 5. The molecule has 0 aromatic heterocycles. The number of hydrogen-bond acceptors (Lipinski definition) is 3. The van der Waals surface area contributed by atoms with E-state index in [9.17, 15) is 9.59 Å². The van der Waals surface area contributed by atoms with Gasteiger partial charge in [0, 0.05) is 55.6 Å². The number of carbonyl (C=O) groups excluding carboxylic acids is 2. The van der Waals surface area contributed by atoms with E-state index in [0.29, 0.717) is 17.0 Å². The largest absolute Gasteiger partial charge is 0.340 e. The summed E-state index contributed by atoms with van der Waals surface area (Å²) in [6.45, 7) is 3.54. The highest BCUT2D eigenvalue weighted by Gasteiger charge is 2.32. The number of ketones is 1. The van der Waals surface area contributed by atoms with Crippen LogP contribution in [0.3, 0.4) is 0 Å². The molecule has 126 valence electrons. The number of benzene rings is 1. The number of nitrogens with zero attached hydrogens (tertiary/aromatic N) is 2. The molecule has 0 bridgehead atoms. The summed E-state index contributed by atoms with van der Waals surface area (Å²) in [5.74, 6) is 0.0967. The minimum absolute atomic E-state index is 0. The van der Waals surface area contributed by atoms with Gasteiger partial charge in [-0.05, 0) is 37.1 Å². The maximum atomic E-state index is 12.2. The molecule has 0 unspecified atom stereocenters. The van der Waals surface area contributed by atoms with Crippen LogP contribution in [0.2, 0.25) is 5.02 Å². The highest BCUT2D eigenvalue weighted by atomic mass is 35.5. The van der Waals surface area contributed by atoms with Crippen LogP contribution in [0.5, 0.6) is 0 Å². The van der Waals surface area contributed by atoms with E-state index in [4.69, 9.17) is 11.6 Å². The highest BCUT2D eigenvalue weighted by Crippen LogP contribution is 2.27. The Labute approximate surface area is 148 Å². The second kappa shape index (κ2) is 8.13. The molecule has 1 saturated heterocycles. The standard InChI is InChI=1S/C17H21ClN2O2.ClH/c18-14-3-1-13(2-4-14)16(21)7-8-17(22)20-11-9-19(10-12-20)15-5-6-15;/h1-4,15H,5-12H2;1H. The van der Waals surface area contributed by atoms with Crippen LogP contribution in [0.4, 0.5) is 0 Å². The fourth-order valence-corrected chi connectivity index (χ4v) is 3.06. The molecule has 3 rings (SSSR count). The van der Waals surface area contributed by atoms with E-state index < -0.39 is 0 Å². The molecule has 1 amide bonds. The van der Waals surface area contributed by atoms with Crippen molar-refractivity contribution in [2.75, 3.05) is 26.2 Å². The first-order chi connectivity index (χ1) is 10.6. The van der Waals surface area contributed by atoms with E-state index in [0.717, 1.165) is 32.2 Å². The van der Waals surface area contributed by atoms with Crippen molar-refractivity contribution in [3.8, 4) is 0 Å². The Balaban J connectivity index is 0.00000192. The predicted octanol–water partition coefficient (Wildman–Crippen LogP) is 3.03. The van der Waals surface area contributed by atoms with Crippen molar-refractivity contribution in [1.82, 2.24) is 9.80 Å². The maximum Gasteiger partial charge on any atom is 0.223 e. The molecule has 0 spiro atoms. The molecule has 1 saturated carbocycles. The second-order valence-electron chi connectivity index (χ2n) is 6.08. The number of Topliss-reactive ketones (excluding diaryl/α,β-unsaturated/α-hetero) is 1. The minimum Gasteiger partial charge on any atom is -0.340 e. The van der Waals surface area contributed by atoms with Gasteiger partial charge < -0.3 is 4.90 Å². The Morgan fingerprint density at radius 1 is 1.00 bits per heavy atom. The minimum atomic E-state index is 0. The first-order valence-electron chi connectivity index (χ1n) is 7.94. The van der Waals surface area contributed by atoms with E-state index >= 15 is 0 Å². The number of amides is 1. The summed E-state index contributed by atoms with van der Waals surface area (Å²) >= 11 is 5.81. The maximum absolute atomic E-state index is 12.2. The van der Waals surface area contributed by atoms with Gasteiger partial charge in [0.05, 0.1) is 0 Å². The van der Waals surface area contributed by atoms with Crippen LogP contribution in [0, 0.1) is 0 Å². The predicted molar refractivity (Wildman–Crippen MR) is 93.4 cm³/mol. The lowest BCUT2D eigenvalue weighted by Gasteiger charge is -2.34. The molecule has 1 heterocycles. The van der Waals surface area contributed by atoms with Gasteiger partial charge in [-0.2, -0.15) is 0 Å². The number of piperazine rings is 1. The van der Waals surface area contributed by atoms with Crippen molar-refractivity contribution in [3.63, 3.8) is 0 Å². The van der Waals surface area contributed by atoms with Crippen LogP contribution < -0.4 is 0 Å². The van der Waals surface area contributed by atoms with Gasteiger partial charge in [-0.25, -0.2) is 0 Å². The van der Waals surface area contributed by atoms with Crippen LogP contribution in [0.15, 0.2) is 24.3 Å². The Kier molecular flexibility index (Phi) is 6.45. The van der Waals surface area contributed by atoms with Crippen molar-refractivity contribution in [2.24, 2.45) is 0 Å². The van der Waals surface area contributed by atoms with Crippen molar-refractivity contribution in [2.45, 2.75) is 31.7 Å². The van der Waals surface area contributed by atoms with E-state index in [1.165, 1.54) is 12.8 Å². The molecule has 4 nitrogen and oxygen atoms in total. The topological polar surface area (TPSA) is 40.6 Å². The van der Waals surface area contributed by atoms with Crippen molar-refractivity contribution in [3.05, 3.63) is 34.9 Å². The third-order valence-electron chi connectivity index (χ3n) is 4.46. The van der Waals surface area contributed by atoms with Gasteiger partial charge in [0.1, 0.15) is 0 Å². The molecule has 0 atom stereocenters. The van der Waals surface area contributed by atoms with Crippen molar-refractivity contribution < 1.29 is 9.59 Å². The summed E-state index contributed by atoms with van der Waals surface area (Å²) in [5.41, 5.74) is 0.621. The zero-order valence-corrected chi connectivity index (χ0v) is 14.6. The van der Waals surface area contributed by atoms with Gasteiger partial charge in [-0.15, -0.1) is 12.4 Å². The quantitative estimate of drug-likeness (QED) is 0.761. The molecule has 6 heteroatoms. The van der Waals surface area contributed by atoms with E-state index in [1.54, 1.807) is 24.3 Å². The Bertz CT molecular complexity index is 550.